The number of anilines is 3. The molecule has 1 nitrogen and oxygen atoms in total. The third-order valence-electron chi connectivity index (χ3n) is 12.1. The van der Waals surface area contributed by atoms with Crippen LogP contribution in [0.25, 0.3) is 75.5 Å². The first-order valence-electron chi connectivity index (χ1n) is 19.8. The van der Waals surface area contributed by atoms with E-state index in [1.807, 2.05) is 11.3 Å². The Balaban J connectivity index is 1.14. The first kappa shape index (κ1) is 33.6. The number of benzene rings is 9. The summed E-state index contributed by atoms with van der Waals surface area (Å²) in [6, 6.07) is 74.0. The molecule has 0 radical (unpaired) electrons. The molecule has 1 aliphatic rings. The van der Waals surface area contributed by atoms with Crippen LogP contribution in [0.1, 0.15) is 25.0 Å². The molecule has 0 spiro atoms. The first-order valence-corrected chi connectivity index (χ1v) is 20.6. The van der Waals surface area contributed by atoms with Gasteiger partial charge in [-0.1, -0.05) is 166 Å². The molecule has 0 aliphatic heterocycles. The van der Waals surface area contributed by atoms with Gasteiger partial charge in [-0.3, -0.25) is 0 Å². The second kappa shape index (κ2) is 13.2. The van der Waals surface area contributed by atoms with Crippen LogP contribution in [0.5, 0.6) is 0 Å². The zero-order valence-electron chi connectivity index (χ0n) is 31.9. The lowest BCUT2D eigenvalue weighted by molar-refractivity contribution is 0.660. The summed E-state index contributed by atoms with van der Waals surface area (Å²) in [6.45, 7) is 4.74. The van der Waals surface area contributed by atoms with E-state index in [-0.39, 0.29) is 5.41 Å². The quantitative estimate of drug-likeness (QED) is 0.164. The fraction of sp³-hybridized carbons (Fsp3) is 0.0545. The number of hydrogen-bond acceptors (Lipinski definition) is 2. The van der Waals surface area contributed by atoms with Crippen LogP contribution in [0.15, 0.2) is 200 Å². The van der Waals surface area contributed by atoms with E-state index in [9.17, 15) is 0 Å². The normalized spacial score (nSPS) is 12.9. The summed E-state index contributed by atoms with van der Waals surface area (Å²) in [6.07, 6.45) is 0. The summed E-state index contributed by atoms with van der Waals surface area (Å²) in [7, 11) is 0. The monoisotopic (exact) mass is 745 g/mol. The van der Waals surface area contributed by atoms with Gasteiger partial charge in [-0.05, 0) is 109 Å². The highest BCUT2D eigenvalue weighted by Crippen LogP contribution is 2.53. The largest absolute Gasteiger partial charge is 0.310 e. The summed E-state index contributed by atoms with van der Waals surface area (Å²) in [5.41, 5.74) is 16.0. The summed E-state index contributed by atoms with van der Waals surface area (Å²) in [4.78, 5) is 2.50. The minimum Gasteiger partial charge on any atom is -0.310 e. The number of hydrogen-bond donors (Lipinski definition) is 0. The molecular formula is C55H39NS. The van der Waals surface area contributed by atoms with Crippen LogP contribution in [0.4, 0.5) is 17.1 Å². The van der Waals surface area contributed by atoms with Gasteiger partial charge in [0.2, 0.25) is 0 Å². The van der Waals surface area contributed by atoms with Crippen molar-refractivity contribution in [3.05, 3.63) is 211 Å². The highest BCUT2D eigenvalue weighted by molar-refractivity contribution is 7.26. The van der Waals surface area contributed by atoms with Crippen LogP contribution in [0.2, 0.25) is 0 Å². The number of rotatable bonds is 6. The van der Waals surface area contributed by atoms with E-state index in [0.29, 0.717) is 0 Å². The van der Waals surface area contributed by atoms with Gasteiger partial charge >= 0.3 is 0 Å². The van der Waals surface area contributed by atoms with Gasteiger partial charge in [-0.2, -0.15) is 0 Å². The maximum atomic E-state index is 2.50. The molecule has 0 atom stereocenters. The average Bonchev–Trinajstić information content (AvgIpc) is 3.76. The molecular weight excluding hydrogens is 707 g/mol. The highest BCUT2D eigenvalue weighted by atomic mass is 32.1. The molecule has 1 aromatic heterocycles. The molecule has 1 aliphatic carbocycles. The minimum absolute atomic E-state index is 0.128. The Morgan fingerprint density at radius 1 is 0.404 bits per heavy atom. The molecule has 57 heavy (non-hydrogen) atoms. The summed E-state index contributed by atoms with van der Waals surface area (Å²) < 4.78 is 2.59. The van der Waals surface area contributed by atoms with Crippen LogP contribution in [0.3, 0.4) is 0 Å². The first-order chi connectivity index (χ1) is 28.0. The van der Waals surface area contributed by atoms with Gasteiger partial charge in [0.05, 0.1) is 5.69 Å². The molecule has 11 rings (SSSR count). The smallest absolute Gasteiger partial charge is 0.0547 e. The molecule has 0 saturated carbocycles. The molecule has 270 valence electrons. The fourth-order valence-corrected chi connectivity index (χ4v) is 10.3. The Morgan fingerprint density at radius 3 is 1.86 bits per heavy atom. The van der Waals surface area contributed by atoms with Crippen LogP contribution in [-0.2, 0) is 5.41 Å². The van der Waals surface area contributed by atoms with Crippen LogP contribution in [0, 0.1) is 0 Å². The Morgan fingerprint density at radius 2 is 1.02 bits per heavy atom. The molecule has 0 amide bonds. The van der Waals surface area contributed by atoms with Gasteiger partial charge in [0.25, 0.3) is 0 Å². The molecule has 2 heteroatoms. The topological polar surface area (TPSA) is 3.24 Å². The van der Waals surface area contributed by atoms with Crippen molar-refractivity contribution >= 4 is 59.3 Å². The Bertz CT molecular complexity index is 3130. The van der Waals surface area contributed by atoms with Crippen molar-refractivity contribution in [2.75, 3.05) is 4.90 Å². The van der Waals surface area contributed by atoms with Gasteiger partial charge < -0.3 is 4.90 Å². The molecule has 0 bridgehead atoms. The maximum Gasteiger partial charge on any atom is 0.0547 e. The third-order valence-corrected chi connectivity index (χ3v) is 13.2. The van der Waals surface area contributed by atoms with Crippen molar-refractivity contribution in [1.29, 1.82) is 0 Å². The maximum absolute atomic E-state index is 2.50. The standard InChI is InChI=1S/C55H39NS/c1-55(2)48-18-10-8-16-45(48)46-31-30-44(35-49(46)55)56(43-28-26-39(27-29-43)42-25-22-37-14-6-7-15-41(37)34-42)50-32-33-52-54(47-17-9-11-19-51(47)57-52)53(50)40-23-20-38(21-24-40)36-12-4-3-5-13-36/h3-35H,1-2H3. The molecule has 0 unspecified atom stereocenters. The van der Waals surface area contributed by atoms with Gasteiger partial charge in [0.15, 0.2) is 0 Å². The van der Waals surface area contributed by atoms with Crippen molar-refractivity contribution in [3.63, 3.8) is 0 Å². The second-order valence-electron chi connectivity index (χ2n) is 15.7. The van der Waals surface area contributed by atoms with E-state index >= 15 is 0 Å². The van der Waals surface area contributed by atoms with E-state index in [2.05, 4.69) is 219 Å². The summed E-state index contributed by atoms with van der Waals surface area (Å²) >= 11 is 1.87. The summed E-state index contributed by atoms with van der Waals surface area (Å²) in [5.74, 6) is 0. The lowest BCUT2D eigenvalue weighted by atomic mass is 9.82. The predicted octanol–water partition coefficient (Wildman–Crippen LogP) is 16.0. The molecule has 0 fully saturated rings. The van der Waals surface area contributed by atoms with Gasteiger partial charge in [0.1, 0.15) is 0 Å². The van der Waals surface area contributed by atoms with Gasteiger partial charge in [0, 0.05) is 42.5 Å². The molecule has 10 aromatic rings. The summed E-state index contributed by atoms with van der Waals surface area (Å²) in [5, 5.41) is 5.10. The number of thiophene rings is 1. The lowest BCUT2D eigenvalue weighted by Crippen LogP contribution is -2.17. The molecule has 9 aromatic carbocycles. The fourth-order valence-electron chi connectivity index (χ4n) is 9.17. The zero-order chi connectivity index (χ0) is 38.1. The van der Waals surface area contributed by atoms with Crippen molar-refractivity contribution < 1.29 is 0 Å². The van der Waals surface area contributed by atoms with Crippen molar-refractivity contribution in [3.8, 4) is 44.5 Å². The van der Waals surface area contributed by atoms with Crippen LogP contribution < -0.4 is 4.90 Å². The van der Waals surface area contributed by atoms with E-state index < -0.39 is 0 Å². The Kier molecular flexibility index (Phi) is 7.77. The van der Waals surface area contributed by atoms with E-state index in [0.717, 1.165) is 17.1 Å². The lowest BCUT2D eigenvalue weighted by Gasteiger charge is -2.30. The number of nitrogens with zero attached hydrogens (tertiary/aromatic N) is 1. The van der Waals surface area contributed by atoms with Crippen molar-refractivity contribution in [2.24, 2.45) is 0 Å². The van der Waals surface area contributed by atoms with E-state index in [1.54, 1.807) is 0 Å². The van der Waals surface area contributed by atoms with Crippen molar-refractivity contribution in [2.45, 2.75) is 19.3 Å². The Labute approximate surface area is 337 Å². The van der Waals surface area contributed by atoms with Gasteiger partial charge in [-0.25, -0.2) is 0 Å². The SMILES string of the molecule is CC1(C)c2ccccc2-c2ccc(N(c3ccc(-c4ccc5ccccc5c4)cc3)c3ccc4sc5ccccc5c4c3-c3ccc(-c4ccccc4)cc3)cc21. The number of fused-ring (bicyclic) bond motifs is 7. The average molecular weight is 746 g/mol. The minimum atomic E-state index is -0.128. The third kappa shape index (κ3) is 5.51. The van der Waals surface area contributed by atoms with Crippen LogP contribution >= 0.6 is 11.3 Å². The van der Waals surface area contributed by atoms with E-state index in [4.69, 9.17) is 0 Å². The second-order valence-corrected chi connectivity index (χ2v) is 16.8. The zero-order valence-corrected chi connectivity index (χ0v) is 32.7. The molecule has 0 saturated heterocycles. The molecule has 0 N–H and O–H groups in total. The highest BCUT2D eigenvalue weighted by Gasteiger charge is 2.36. The molecule has 1 heterocycles. The Hall–Kier alpha value is -6.74. The van der Waals surface area contributed by atoms with Crippen LogP contribution in [-0.4, -0.2) is 0 Å². The van der Waals surface area contributed by atoms with Gasteiger partial charge in [-0.15, -0.1) is 11.3 Å². The predicted molar refractivity (Wildman–Crippen MR) is 245 cm³/mol. The van der Waals surface area contributed by atoms with Crippen molar-refractivity contribution in [1.82, 2.24) is 0 Å². The van der Waals surface area contributed by atoms with E-state index in [1.165, 1.54) is 86.6 Å².